The summed E-state index contributed by atoms with van der Waals surface area (Å²) in [6.07, 6.45) is 5.24. The predicted molar refractivity (Wildman–Crippen MR) is 148 cm³/mol. The van der Waals surface area contributed by atoms with Gasteiger partial charge in [0.25, 0.3) is 0 Å². The van der Waals surface area contributed by atoms with Gasteiger partial charge in [0.15, 0.2) is 0 Å². The minimum Gasteiger partial charge on any atom is -0.437 e. The first kappa shape index (κ1) is 21.5. The molecule has 4 heteroatoms. The Labute approximate surface area is 210 Å². The number of para-hydroxylation sites is 1. The van der Waals surface area contributed by atoms with E-state index in [1.165, 1.54) is 53.1 Å². The second kappa shape index (κ2) is 7.86. The molecule has 0 N–H and O–H groups in total. The number of aromatic nitrogens is 3. The van der Waals surface area contributed by atoms with Crippen molar-refractivity contribution in [3.8, 4) is 11.3 Å². The fraction of sp³-hybridized carbons (Fsp3) is 0.281. The van der Waals surface area contributed by atoms with Crippen LogP contribution in [0.4, 0.5) is 0 Å². The lowest BCUT2D eigenvalue weighted by Crippen LogP contribution is -2.02. The Morgan fingerprint density at radius 2 is 1.61 bits per heavy atom. The fourth-order valence-corrected chi connectivity index (χ4v) is 6.58. The predicted octanol–water partition coefficient (Wildman–Crippen LogP) is 8.64. The molecular weight excluding hydrogens is 442 g/mol. The number of hydrogen-bond acceptors (Lipinski definition) is 4. The van der Waals surface area contributed by atoms with E-state index in [1.807, 2.05) is 19.9 Å². The molecule has 1 fully saturated rings. The van der Waals surface area contributed by atoms with Crippen LogP contribution in [0, 0.1) is 27.7 Å². The smallest absolute Gasteiger partial charge is 0.227 e. The van der Waals surface area contributed by atoms with Crippen LogP contribution in [0.2, 0.25) is 0 Å². The Morgan fingerprint density at radius 1 is 0.806 bits per heavy atom. The molecule has 4 nitrogen and oxygen atoms in total. The summed E-state index contributed by atoms with van der Waals surface area (Å²) in [6.45, 7) is 8.56. The van der Waals surface area contributed by atoms with Crippen LogP contribution >= 0.6 is 0 Å². The molecule has 0 aliphatic heterocycles. The standard InChI is InChI=1S/C32H29N3O/c1-17-16-22-13-15-25-29(26-11-7-10-23-24-14-12-18(2)33-32(24)36-31(23)26)34-20(4)35-30(25)28(22)19(3)27(17)21-8-5-6-9-21/h7,10-16,21H,5-6,8-9H2,1-4H3. The molecule has 0 unspecified atom stereocenters. The van der Waals surface area contributed by atoms with E-state index < -0.39 is 0 Å². The van der Waals surface area contributed by atoms with Gasteiger partial charge in [-0.3, -0.25) is 0 Å². The van der Waals surface area contributed by atoms with E-state index in [1.54, 1.807) is 0 Å². The minimum atomic E-state index is 0.660. The average molecular weight is 472 g/mol. The second-order valence-corrected chi connectivity index (χ2v) is 10.5. The molecule has 7 rings (SSSR count). The van der Waals surface area contributed by atoms with Crippen LogP contribution in [0.25, 0.3) is 55.0 Å². The molecule has 1 saturated carbocycles. The molecule has 3 heterocycles. The van der Waals surface area contributed by atoms with E-state index in [0.29, 0.717) is 11.6 Å². The van der Waals surface area contributed by atoms with Gasteiger partial charge in [0.1, 0.15) is 11.4 Å². The summed E-state index contributed by atoms with van der Waals surface area (Å²) in [5, 5.41) is 5.68. The molecule has 6 aromatic rings. The van der Waals surface area contributed by atoms with Crippen LogP contribution in [-0.2, 0) is 0 Å². The van der Waals surface area contributed by atoms with Crippen molar-refractivity contribution in [2.75, 3.05) is 0 Å². The third-order valence-electron chi connectivity index (χ3n) is 8.11. The largest absolute Gasteiger partial charge is 0.437 e. The molecule has 178 valence electrons. The zero-order valence-electron chi connectivity index (χ0n) is 21.3. The van der Waals surface area contributed by atoms with Crippen molar-refractivity contribution in [2.45, 2.75) is 59.3 Å². The van der Waals surface area contributed by atoms with E-state index in [9.17, 15) is 0 Å². The topological polar surface area (TPSA) is 51.8 Å². The van der Waals surface area contributed by atoms with Crippen molar-refractivity contribution < 1.29 is 4.42 Å². The van der Waals surface area contributed by atoms with Crippen molar-refractivity contribution in [3.05, 3.63) is 76.7 Å². The Kier molecular flexibility index (Phi) is 4.69. The summed E-state index contributed by atoms with van der Waals surface area (Å²) in [5.74, 6) is 1.43. The second-order valence-electron chi connectivity index (χ2n) is 10.5. The molecule has 0 radical (unpaired) electrons. The maximum atomic E-state index is 6.35. The number of pyridine rings is 1. The summed E-state index contributed by atoms with van der Waals surface area (Å²) in [6, 6.07) is 17.2. The Bertz CT molecular complexity index is 1840. The van der Waals surface area contributed by atoms with Gasteiger partial charge in [0.2, 0.25) is 5.71 Å². The highest BCUT2D eigenvalue weighted by atomic mass is 16.3. The molecule has 1 aliphatic rings. The SMILES string of the molecule is Cc1ccc2c(n1)oc1c(-c3nc(C)nc4c3ccc3cc(C)c(C5CCCC5)c(C)c34)cccc12. The maximum Gasteiger partial charge on any atom is 0.227 e. The number of benzene rings is 3. The minimum absolute atomic E-state index is 0.660. The summed E-state index contributed by atoms with van der Waals surface area (Å²) in [7, 11) is 0. The molecule has 1 aliphatic carbocycles. The van der Waals surface area contributed by atoms with Crippen molar-refractivity contribution in [1.82, 2.24) is 15.0 Å². The maximum absolute atomic E-state index is 6.35. The molecule has 0 atom stereocenters. The number of rotatable bonds is 2. The van der Waals surface area contributed by atoms with E-state index in [4.69, 9.17) is 14.4 Å². The molecule has 36 heavy (non-hydrogen) atoms. The Balaban J connectivity index is 1.56. The first-order chi connectivity index (χ1) is 17.5. The van der Waals surface area contributed by atoms with Crippen LogP contribution in [0.5, 0.6) is 0 Å². The Morgan fingerprint density at radius 3 is 2.44 bits per heavy atom. The van der Waals surface area contributed by atoms with Crippen molar-refractivity contribution >= 4 is 43.7 Å². The van der Waals surface area contributed by atoms with Gasteiger partial charge in [0.05, 0.1) is 11.2 Å². The van der Waals surface area contributed by atoms with Crippen molar-refractivity contribution in [2.24, 2.45) is 0 Å². The van der Waals surface area contributed by atoms with Gasteiger partial charge >= 0.3 is 0 Å². The zero-order chi connectivity index (χ0) is 24.6. The van der Waals surface area contributed by atoms with E-state index >= 15 is 0 Å². The summed E-state index contributed by atoms with van der Waals surface area (Å²) >= 11 is 0. The summed E-state index contributed by atoms with van der Waals surface area (Å²) in [4.78, 5) is 14.6. The molecule has 3 aromatic heterocycles. The van der Waals surface area contributed by atoms with E-state index in [2.05, 4.69) is 61.3 Å². The molecule has 0 saturated heterocycles. The number of fused-ring (bicyclic) bond motifs is 6. The highest BCUT2D eigenvalue weighted by molar-refractivity contribution is 6.14. The Hall–Kier alpha value is -3.79. The number of hydrogen-bond donors (Lipinski definition) is 0. The van der Waals surface area contributed by atoms with E-state index in [-0.39, 0.29) is 0 Å². The van der Waals surface area contributed by atoms with Gasteiger partial charge in [-0.15, -0.1) is 0 Å². The first-order valence-electron chi connectivity index (χ1n) is 13.0. The van der Waals surface area contributed by atoms with Gasteiger partial charge in [-0.2, -0.15) is 0 Å². The van der Waals surface area contributed by atoms with Gasteiger partial charge in [-0.1, -0.05) is 37.1 Å². The lowest BCUT2D eigenvalue weighted by atomic mass is 9.85. The monoisotopic (exact) mass is 471 g/mol. The van der Waals surface area contributed by atoms with Crippen LogP contribution in [0.15, 0.2) is 52.9 Å². The van der Waals surface area contributed by atoms with Crippen LogP contribution < -0.4 is 0 Å². The highest BCUT2D eigenvalue weighted by Crippen LogP contribution is 2.43. The van der Waals surface area contributed by atoms with E-state index in [0.717, 1.165) is 50.0 Å². The summed E-state index contributed by atoms with van der Waals surface area (Å²) < 4.78 is 6.35. The van der Waals surface area contributed by atoms with Crippen molar-refractivity contribution in [3.63, 3.8) is 0 Å². The third kappa shape index (κ3) is 3.10. The highest BCUT2D eigenvalue weighted by Gasteiger charge is 2.24. The van der Waals surface area contributed by atoms with Gasteiger partial charge in [-0.25, -0.2) is 15.0 Å². The number of furan rings is 1. The van der Waals surface area contributed by atoms with Crippen molar-refractivity contribution in [1.29, 1.82) is 0 Å². The molecular formula is C32H29N3O. The third-order valence-corrected chi connectivity index (χ3v) is 8.11. The lowest BCUT2D eigenvalue weighted by Gasteiger charge is -2.20. The quantitative estimate of drug-likeness (QED) is 0.237. The fourth-order valence-electron chi connectivity index (χ4n) is 6.58. The van der Waals surface area contributed by atoms with Gasteiger partial charge < -0.3 is 4.42 Å². The first-order valence-corrected chi connectivity index (χ1v) is 13.0. The average Bonchev–Trinajstić information content (AvgIpc) is 3.50. The molecule has 0 spiro atoms. The summed E-state index contributed by atoms with van der Waals surface area (Å²) in [5.41, 5.74) is 9.71. The lowest BCUT2D eigenvalue weighted by molar-refractivity contribution is 0.653. The molecule has 0 bridgehead atoms. The normalized spacial score (nSPS) is 14.7. The zero-order valence-corrected chi connectivity index (χ0v) is 21.3. The number of nitrogens with zero attached hydrogens (tertiary/aromatic N) is 3. The van der Waals surface area contributed by atoms with Crippen LogP contribution in [0.1, 0.15) is 59.8 Å². The van der Waals surface area contributed by atoms with Gasteiger partial charge in [-0.05, 0) is 92.8 Å². The molecule has 3 aromatic carbocycles. The molecule has 0 amide bonds. The van der Waals surface area contributed by atoms with Crippen LogP contribution in [-0.4, -0.2) is 15.0 Å². The number of aryl methyl sites for hydroxylation is 4. The van der Waals surface area contributed by atoms with Gasteiger partial charge in [0, 0.05) is 32.8 Å². The van der Waals surface area contributed by atoms with Crippen LogP contribution in [0.3, 0.4) is 0 Å².